The van der Waals surface area contributed by atoms with Gasteiger partial charge in [-0.15, -0.1) is 0 Å². The van der Waals surface area contributed by atoms with Crippen LogP contribution in [0.2, 0.25) is 0 Å². The Morgan fingerprint density at radius 1 is 1.29 bits per heavy atom. The van der Waals surface area contributed by atoms with Crippen LogP contribution in [0.15, 0.2) is 36.7 Å². The monoisotopic (exact) mass is 304 g/mol. The van der Waals surface area contributed by atoms with Crippen LogP contribution in [0.4, 0.5) is 0 Å². The molecule has 0 aliphatic rings. The van der Waals surface area contributed by atoms with E-state index in [1.54, 1.807) is 11.5 Å². The number of nitrogens with zero attached hydrogens (tertiary/aromatic N) is 2. The lowest BCUT2D eigenvalue weighted by Crippen LogP contribution is -2.14. The molecule has 0 N–H and O–H groups in total. The van der Waals surface area contributed by atoms with Crippen molar-refractivity contribution in [2.45, 2.75) is 13.3 Å². The highest BCUT2D eigenvalue weighted by Gasteiger charge is 2.21. The first kappa shape index (κ1) is 15.3. The number of Topliss-reactive ketones (excluding diaryl/α,β-unsaturated/α-hetero) is 1. The average Bonchev–Trinajstić information content (AvgIpc) is 2.92. The van der Waals surface area contributed by atoms with Crippen LogP contribution in [-0.4, -0.2) is 33.7 Å². The first-order valence-electron chi connectivity index (χ1n) is 6.58. The molecule has 0 aliphatic carbocycles. The van der Waals surface area contributed by atoms with Crippen molar-refractivity contribution in [3.05, 3.63) is 48.0 Å². The van der Waals surface area contributed by atoms with E-state index in [1.807, 2.05) is 30.3 Å². The molecule has 21 heavy (non-hydrogen) atoms. The lowest BCUT2D eigenvalue weighted by atomic mass is 10.2. The predicted molar refractivity (Wildman–Crippen MR) is 82.1 cm³/mol. The van der Waals surface area contributed by atoms with Crippen LogP contribution in [0.1, 0.15) is 23.1 Å². The van der Waals surface area contributed by atoms with Gasteiger partial charge in [0.05, 0.1) is 18.7 Å². The maximum absolute atomic E-state index is 12.0. The summed E-state index contributed by atoms with van der Waals surface area (Å²) in [6.07, 6.45) is 1.62. The number of imidazole rings is 1. The molecule has 0 saturated carbocycles. The number of benzene rings is 1. The number of hydrogen-bond donors (Lipinski definition) is 1. The standard InChI is InChI=1S/C15H16N2O3S/c1-2-20-15(19)14-13(8-12(18)9-21)17(10-16-14)11-6-4-3-5-7-11/h3-7,10,21H,2,8-9H2,1H3. The van der Waals surface area contributed by atoms with Gasteiger partial charge >= 0.3 is 5.97 Å². The zero-order valence-electron chi connectivity index (χ0n) is 11.7. The molecule has 0 bridgehead atoms. The Balaban J connectivity index is 2.46. The molecule has 1 aromatic carbocycles. The molecule has 0 atom stereocenters. The highest BCUT2D eigenvalue weighted by molar-refractivity contribution is 7.81. The quantitative estimate of drug-likeness (QED) is 0.656. The molecule has 0 unspecified atom stereocenters. The van der Waals surface area contributed by atoms with Gasteiger partial charge in [0.2, 0.25) is 0 Å². The molecular weight excluding hydrogens is 288 g/mol. The number of ether oxygens (including phenoxy) is 1. The fraction of sp³-hybridized carbons (Fsp3) is 0.267. The Morgan fingerprint density at radius 2 is 2.00 bits per heavy atom. The number of rotatable bonds is 6. The Bertz CT molecular complexity index is 638. The van der Waals surface area contributed by atoms with E-state index < -0.39 is 5.97 Å². The molecule has 2 aromatic rings. The van der Waals surface area contributed by atoms with Crippen molar-refractivity contribution in [2.24, 2.45) is 0 Å². The Morgan fingerprint density at radius 3 is 2.62 bits per heavy atom. The van der Waals surface area contributed by atoms with Gasteiger partial charge in [0.1, 0.15) is 12.1 Å². The number of para-hydroxylation sites is 1. The summed E-state index contributed by atoms with van der Waals surface area (Å²) in [5, 5.41) is 0. The van der Waals surface area contributed by atoms with E-state index in [1.165, 1.54) is 6.33 Å². The van der Waals surface area contributed by atoms with E-state index in [0.29, 0.717) is 5.69 Å². The Labute approximate surface area is 128 Å². The zero-order valence-corrected chi connectivity index (χ0v) is 12.5. The predicted octanol–water partition coefficient (Wildman–Crippen LogP) is 2.09. The molecule has 6 heteroatoms. The molecular formula is C15H16N2O3S. The van der Waals surface area contributed by atoms with E-state index in [4.69, 9.17) is 4.74 Å². The molecule has 0 fully saturated rings. The molecule has 0 spiro atoms. The molecule has 0 radical (unpaired) electrons. The average molecular weight is 304 g/mol. The van der Waals surface area contributed by atoms with Gasteiger partial charge in [0, 0.05) is 11.4 Å². The van der Waals surface area contributed by atoms with Crippen molar-refractivity contribution < 1.29 is 14.3 Å². The summed E-state index contributed by atoms with van der Waals surface area (Å²) >= 11 is 3.98. The van der Waals surface area contributed by atoms with E-state index in [0.717, 1.165) is 5.69 Å². The summed E-state index contributed by atoms with van der Waals surface area (Å²) in [4.78, 5) is 27.8. The van der Waals surface area contributed by atoms with E-state index in [-0.39, 0.29) is 30.3 Å². The number of ketones is 1. The first-order valence-corrected chi connectivity index (χ1v) is 7.22. The smallest absolute Gasteiger partial charge is 0.358 e. The summed E-state index contributed by atoms with van der Waals surface area (Å²) < 4.78 is 6.72. The summed E-state index contributed by atoms with van der Waals surface area (Å²) in [5.41, 5.74) is 1.54. The molecule has 5 nitrogen and oxygen atoms in total. The second kappa shape index (κ2) is 7.08. The lowest BCUT2D eigenvalue weighted by Gasteiger charge is -2.09. The van der Waals surface area contributed by atoms with Gasteiger partial charge in [-0.25, -0.2) is 9.78 Å². The third-order valence-electron chi connectivity index (χ3n) is 2.91. The van der Waals surface area contributed by atoms with E-state index in [9.17, 15) is 9.59 Å². The summed E-state index contributed by atoms with van der Waals surface area (Å²) in [6, 6.07) is 9.41. The summed E-state index contributed by atoms with van der Waals surface area (Å²) in [5.74, 6) is -0.488. The van der Waals surface area contributed by atoms with Crippen LogP contribution in [0, 0.1) is 0 Å². The lowest BCUT2D eigenvalue weighted by molar-refractivity contribution is -0.116. The Hall–Kier alpha value is -2.08. The van der Waals surface area contributed by atoms with Crippen molar-refractivity contribution in [1.29, 1.82) is 0 Å². The van der Waals surface area contributed by atoms with Gasteiger partial charge in [-0.05, 0) is 19.1 Å². The molecule has 0 saturated heterocycles. The summed E-state index contributed by atoms with van der Waals surface area (Å²) in [7, 11) is 0. The van der Waals surface area contributed by atoms with Crippen LogP contribution < -0.4 is 0 Å². The van der Waals surface area contributed by atoms with Gasteiger partial charge in [-0.2, -0.15) is 12.6 Å². The maximum Gasteiger partial charge on any atom is 0.358 e. The van der Waals surface area contributed by atoms with Crippen LogP contribution >= 0.6 is 12.6 Å². The Kier molecular flexibility index (Phi) is 5.16. The third-order valence-corrected chi connectivity index (χ3v) is 3.26. The number of carbonyl (C=O) groups excluding carboxylic acids is 2. The minimum Gasteiger partial charge on any atom is -0.461 e. The minimum absolute atomic E-state index is 0.0819. The largest absolute Gasteiger partial charge is 0.461 e. The molecule has 2 rings (SSSR count). The normalized spacial score (nSPS) is 10.4. The highest BCUT2D eigenvalue weighted by atomic mass is 32.1. The van der Waals surface area contributed by atoms with Crippen LogP contribution in [0.3, 0.4) is 0 Å². The van der Waals surface area contributed by atoms with Crippen molar-refractivity contribution in [3.8, 4) is 5.69 Å². The molecule has 0 aliphatic heterocycles. The van der Waals surface area contributed by atoms with Crippen molar-refractivity contribution in [1.82, 2.24) is 9.55 Å². The van der Waals surface area contributed by atoms with Crippen molar-refractivity contribution in [2.75, 3.05) is 12.4 Å². The first-order chi connectivity index (χ1) is 10.2. The SMILES string of the molecule is CCOC(=O)c1ncn(-c2ccccc2)c1CC(=O)CS. The number of thiol groups is 1. The second-order valence-corrected chi connectivity index (χ2v) is 4.66. The van der Waals surface area contributed by atoms with Gasteiger partial charge in [0.15, 0.2) is 5.69 Å². The fourth-order valence-electron chi connectivity index (χ4n) is 1.97. The zero-order chi connectivity index (χ0) is 15.2. The number of esters is 1. The van der Waals surface area contributed by atoms with Gasteiger partial charge < -0.3 is 9.30 Å². The number of hydrogen-bond acceptors (Lipinski definition) is 5. The van der Waals surface area contributed by atoms with Gasteiger partial charge in [-0.1, -0.05) is 18.2 Å². The highest BCUT2D eigenvalue weighted by Crippen LogP contribution is 2.17. The molecule has 1 aromatic heterocycles. The topological polar surface area (TPSA) is 61.2 Å². The fourth-order valence-corrected chi connectivity index (χ4v) is 2.08. The summed E-state index contributed by atoms with van der Waals surface area (Å²) in [6.45, 7) is 1.99. The van der Waals surface area contributed by atoms with Crippen molar-refractivity contribution in [3.63, 3.8) is 0 Å². The number of aromatic nitrogens is 2. The van der Waals surface area contributed by atoms with Gasteiger partial charge in [-0.3, -0.25) is 4.79 Å². The molecule has 1 heterocycles. The van der Waals surface area contributed by atoms with E-state index in [2.05, 4.69) is 17.6 Å². The van der Waals surface area contributed by atoms with Gasteiger partial charge in [0.25, 0.3) is 0 Å². The molecule has 0 amide bonds. The van der Waals surface area contributed by atoms with E-state index >= 15 is 0 Å². The van der Waals surface area contributed by atoms with Crippen LogP contribution in [0.5, 0.6) is 0 Å². The minimum atomic E-state index is -0.519. The number of carbonyl (C=O) groups is 2. The maximum atomic E-state index is 12.0. The van der Waals surface area contributed by atoms with Crippen molar-refractivity contribution >= 4 is 24.4 Å². The van der Waals surface area contributed by atoms with Crippen LogP contribution in [0.25, 0.3) is 5.69 Å². The second-order valence-electron chi connectivity index (χ2n) is 4.34. The third kappa shape index (κ3) is 3.52. The van der Waals surface area contributed by atoms with Crippen LogP contribution in [-0.2, 0) is 16.0 Å². The molecule has 110 valence electrons.